The van der Waals surface area contributed by atoms with E-state index in [0.717, 1.165) is 16.6 Å². The number of rotatable bonds is 5. The fourth-order valence-corrected chi connectivity index (χ4v) is 3.93. The standard InChI is InChI=1S/C20H19FN2O2S2/c1-12(2)13-4-6-14(7-5-13)20-23-17(11-26-20)19(24)22-15-8-9-18(27(3)25)16(21)10-15/h4-12H,1-3H3,(H,22,24)/t27-/m1/s1. The van der Waals surface area contributed by atoms with Crippen molar-refractivity contribution in [1.82, 2.24) is 4.98 Å². The van der Waals surface area contributed by atoms with Gasteiger partial charge in [-0.2, -0.15) is 0 Å². The number of halogens is 1. The molecule has 1 heterocycles. The van der Waals surface area contributed by atoms with Gasteiger partial charge in [0.15, 0.2) is 0 Å². The Morgan fingerprint density at radius 3 is 2.48 bits per heavy atom. The molecular weight excluding hydrogens is 383 g/mol. The number of aromatic nitrogens is 1. The predicted molar refractivity (Wildman–Crippen MR) is 108 cm³/mol. The molecule has 0 fully saturated rings. The molecule has 7 heteroatoms. The second-order valence-electron chi connectivity index (χ2n) is 6.37. The summed E-state index contributed by atoms with van der Waals surface area (Å²) in [5.74, 6) is -0.576. The maximum atomic E-state index is 13.9. The summed E-state index contributed by atoms with van der Waals surface area (Å²) in [4.78, 5) is 16.9. The van der Waals surface area contributed by atoms with Gasteiger partial charge in [-0.3, -0.25) is 9.00 Å². The van der Waals surface area contributed by atoms with Gasteiger partial charge in [-0.15, -0.1) is 11.3 Å². The average Bonchev–Trinajstić information content (AvgIpc) is 3.12. The van der Waals surface area contributed by atoms with Gasteiger partial charge in [0.1, 0.15) is 16.5 Å². The first-order valence-electron chi connectivity index (χ1n) is 8.35. The SMILES string of the molecule is CC(C)c1ccc(-c2nc(C(=O)Nc3ccc([S@@](C)=O)c(F)c3)cs2)cc1. The Balaban J connectivity index is 1.75. The molecule has 4 nitrogen and oxygen atoms in total. The summed E-state index contributed by atoms with van der Waals surface area (Å²) in [5.41, 5.74) is 2.75. The lowest BCUT2D eigenvalue weighted by molar-refractivity contribution is 0.102. The van der Waals surface area contributed by atoms with Crippen LogP contribution in [0.1, 0.15) is 35.8 Å². The van der Waals surface area contributed by atoms with E-state index in [1.165, 1.54) is 35.3 Å². The number of carbonyl (C=O) groups excluding carboxylic acids is 1. The van der Waals surface area contributed by atoms with E-state index in [-0.39, 0.29) is 10.6 Å². The third-order valence-corrected chi connectivity index (χ3v) is 5.90. The monoisotopic (exact) mass is 402 g/mol. The minimum atomic E-state index is -1.42. The number of benzene rings is 2. The predicted octanol–water partition coefficient (Wildman–Crippen LogP) is 5.06. The summed E-state index contributed by atoms with van der Waals surface area (Å²) in [6.45, 7) is 4.27. The lowest BCUT2D eigenvalue weighted by Gasteiger charge is -2.06. The Kier molecular flexibility index (Phi) is 5.82. The molecule has 1 aromatic heterocycles. The second-order valence-corrected chi connectivity index (χ2v) is 8.57. The minimum absolute atomic E-state index is 0.105. The number of nitrogens with zero attached hydrogens (tertiary/aromatic N) is 1. The topological polar surface area (TPSA) is 59.1 Å². The highest BCUT2D eigenvalue weighted by Gasteiger charge is 2.14. The summed E-state index contributed by atoms with van der Waals surface area (Å²) in [7, 11) is -1.42. The molecule has 3 rings (SSSR count). The first-order chi connectivity index (χ1) is 12.8. The number of nitrogens with one attached hydrogen (secondary N) is 1. The number of hydrogen-bond acceptors (Lipinski definition) is 4. The van der Waals surface area contributed by atoms with Gasteiger partial charge in [0.25, 0.3) is 5.91 Å². The Morgan fingerprint density at radius 2 is 1.89 bits per heavy atom. The van der Waals surface area contributed by atoms with Crippen molar-refractivity contribution in [3.63, 3.8) is 0 Å². The fourth-order valence-electron chi connectivity index (χ4n) is 2.53. The van der Waals surface area contributed by atoms with Gasteiger partial charge in [0.05, 0.1) is 15.7 Å². The third-order valence-electron chi connectivity index (χ3n) is 4.06. The zero-order valence-corrected chi connectivity index (χ0v) is 16.8. The average molecular weight is 403 g/mol. The van der Waals surface area contributed by atoms with Crippen LogP contribution in [0.25, 0.3) is 10.6 Å². The van der Waals surface area contributed by atoms with Crippen LogP contribution in [0.4, 0.5) is 10.1 Å². The smallest absolute Gasteiger partial charge is 0.275 e. The van der Waals surface area contributed by atoms with Gasteiger partial charge >= 0.3 is 0 Å². The van der Waals surface area contributed by atoms with Crippen molar-refractivity contribution in [2.45, 2.75) is 24.7 Å². The molecule has 0 aliphatic heterocycles. The van der Waals surface area contributed by atoms with Gasteiger partial charge in [0.2, 0.25) is 0 Å². The van der Waals surface area contributed by atoms with Gasteiger partial charge in [-0.1, -0.05) is 38.1 Å². The van der Waals surface area contributed by atoms with E-state index in [0.29, 0.717) is 11.6 Å². The number of anilines is 1. The fraction of sp³-hybridized carbons (Fsp3) is 0.200. The van der Waals surface area contributed by atoms with E-state index in [4.69, 9.17) is 0 Å². The summed E-state index contributed by atoms with van der Waals surface area (Å²) in [6, 6.07) is 12.2. The normalized spacial score (nSPS) is 12.2. The Bertz CT molecular complexity index is 997. The molecule has 3 aromatic rings. The summed E-state index contributed by atoms with van der Waals surface area (Å²) >= 11 is 1.38. The van der Waals surface area contributed by atoms with Crippen molar-refractivity contribution >= 4 is 33.7 Å². The van der Waals surface area contributed by atoms with Gasteiger partial charge < -0.3 is 5.32 Å². The number of amides is 1. The molecule has 0 unspecified atom stereocenters. The van der Waals surface area contributed by atoms with Gasteiger partial charge in [0, 0.05) is 22.9 Å². The molecule has 0 spiro atoms. The van der Waals surface area contributed by atoms with E-state index in [1.54, 1.807) is 5.38 Å². The lowest BCUT2D eigenvalue weighted by Crippen LogP contribution is -2.12. The van der Waals surface area contributed by atoms with E-state index < -0.39 is 22.5 Å². The molecule has 1 atom stereocenters. The van der Waals surface area contributed by atoms with Gasteiger partial charge in [-0.25, -0.2) is 9.37 Å². The molecule has 0 saturated carbocycles. The minimum Gasteiger partial charge on any atom is -0.321 e. The molecular formula is C20H19FN2O2S2. The van der Waals surface area contributed by atoms with Crippen molar-refractivity contribution < 1.29 is 13.4 Å². The van der Waals surface area contributed by atoms with Crippen molar-refractivity contribution in [2.75, 3.05) is 11.6 Å². The van der Waals surface area contributed by atoms with Crippen molar-refractivity contribution in [2.24, 2.45) is 0 Å². The molecule has 0 aliphatic rings. The van der Waals surface area contributed by atoms with Crippen molar-refractivity contribution in [3.8, 4) is 10.6 Å². The van der Waals surface area contributed by atoms with Crippen LogP contribution in [-0.4, -0.2) is 21.4 Å². The van der Waals surface area contributed by atoms with Gasteiger partial charge in [-0.05, 0) is 29.7 Å². The summed E-state index contributed by atoms with van der Waals surface area (Å²) in [6.07, 6.45) is 1.40. The zero-order valence-electron chi connectivity index (χ0n) is 15.2. The van der Waals surface area contributed by atoms with Crippen LogP contribution in [0.15, 0.2) is 52.7 Å². The van der Waals surface area contributed by atoms with Crippen LogP contribution in [0.3, 0.4) is 0 Å². The van der Waals surface area contributed by atoms with E-state index in [2.05, 4.69) is 36.3 Å². The van der Waals surface area contributed by atoms with E-state index in [9.17, 15) is 13.4 Å². The molecule has 1 N–H and O–H groups in total. The van der Waals surface area contributed by atoms with Crippen LogP contribution < -0.4 is 5.32 Å². The largest absolute Gasteiger partial charge is 0.321 e. The maximum Gasteiger partial charge on any atom is 0.275 e. The summed E-state index contributed by atoms with van der Waals surface area (Å²) in [5, 5.41) is 5.04. The molecule has 27 heavy (non-hydrogen) atoms. The number of thiazole rings is 1. The number of hydrogen-bond donors (Lipinski definition) is 1. The third kappa shape index (κ3) is 4.48. The van der Waals surface area contributed by atoms with Crippen LogP contribution in [-0.2, 0) is 10.8 Å². The Morgan fingerprint density at radius 1 is 1.19 bits per heavy atom. The van der Waals surface area contributed by atoms with Crippen LogP contribution in [0, 0.1) is 5.82 Å². The van der Waals surface area contributed by atoms with Crippen LogP contribution >= 0.6 is 11.3 Å². The quantitative estimate of drug-likeness (QED) is 0.649. The zero-order chi connectivity index (χ0) is 19.6. The van der Waals surface area contributed by atoms with Crippen LogP contribution in [0.2, 0.25) is 0 Å². The number of carbonyl (C=O) groups is 1. The molecule has 140 valence electrons. The van der Waals surface area contributed by atoms with Crippen LogP contribution in [0.5, 0.6) is 0 Å². The van der Waals surface area contributed by atoms with E-state index in [1.807, 2.05) is 12.1 Å². The molecule has 0 saturated heterocycles. The lowest BCUT2D eigenvalue weighted by atomic mass is 10.0. The first-order valence-corrected chi connectivity index (χ1v) is 10.8. The first kappa shape index (κ1) is 19.4. The molecule has 0 radical (unpaired) electrons. The molecule has 0 aliphatic carbocycles. The van der Waals surface area contributed by atoms with E-state index >= 15 is 0 Å². The highest BCUT2D eigenvalue weighted by Crippen LogP contribution is 2.26. The highest BCUT2D eigenvalue weighted by molar-refractivity contribution is 7.84. The molecule has 2 aromatic carbocycles. The van der Waals surface area contributed by atoms with Crippen molar-refractivity contribution in [3.05, 3.63) is 64.9 Å². The Hall–Kier alpha value is -2.38. The molecule has 1 amide bonds. The van der Waals surface area contributed by atoms with Crippen molar-refractivity contribution in [1.29, 1.82) is 0 Å². The summed E-state index contributed by atoms with van der Waals surface area (Å²) < 4.78 is 25.3. The molecule has 0 bridgehead atoms. The Labute approximate surface area is 163 Å². The highest BCUT2D eigenvalue weighted by atomic mass is 32.2. The maximum absolute atomic E-state index is 13.9. The second kappa shape index (κ2) is 8.10.